The molecule has 1 aromatic heterocycles. The van der Waals surface area contributed by atoms with Gasteiger partial charge >= 0.3 is 5.97 Å². The Balaban J connectivity index is 1.58. The molecular formula is C18H20N2O5S. The lowest BCUT2D eigenvalue weighted by Crippen LogP contribution is -2.42. The standard InChI is InChI=1S/C18H20N2O5S/c1-11-4-2-3-5-14(11)19-17(21)10-25-18(22)16-9-12-8-13(20(23)24)6-7-15(12)26-16/h6-9,11,14H,2-5,10H2,1H3,(H,19,21)/t11-,14+/m1/s1. The number of benzene rings is 1. The third-order valence-corrected chi connectivity index (χ3v) is 5.80. The van der Waals surface area contributed by atoms with Crippen LogP contribution in [-0.4, -0.2) is 29.4 Å². The first-order chi connectivity index (χ1) is 12.4. The van der Waals surface area contributed by atoms with E-state index in [-0.39, 0.29) is 24.2 Å². The van der Waals surface area contributed by atoms with Crippen molar-refractivity contribution in [3.05, 3.63) is 39.3 Å². The maximum Gasteiger partial charge on any atom is 0.348 e. The van der Waals surface area contributed by atoms with Crippen LogP contribution in [0.15, 0.2) is 24.3 Å². The molecule has 1 N–H and O–H groups in total. The topological polar surface area (TPSA) is 98.5 Å². The maximum atomic E-state index is 12.2. The quantitative estimate of drug-likeness (QED) is 0.488. The first kappa shape index (κ1) is 18.3. The van der Waals surface area contributed by atoms with E-state index in [2.05, 4.69) is 12.2 Å². The van der Waals surface area contributed by atoms with E-state index in [0.29, 0.717) is 16.2 Å². The number of hydrogen-bond donors (Lipinski definition) is 1. The summed E-state index contributed by atoms with van der Waals surface area (Å²) in [7, 11) is 0. The summed E-state index contributed by atoms with van der Waals surface area (Å²) in [6, 6.07) is 6.11. The van der Waals surface area contributed by atoms with Crippen LogP contribution in [0.4, 0.5) is 5.69 Å². The van der Waals surface area contributed by atoms with Crippen LogP contribution < -0.4 is 5.32 Å². The van der Waals surface area contributed by atoms with Crippen LogP contribution in [0.1, 0.15) is 42.3 Å². The van der Waals surface area contributed by atoms with E-state index in [4.69, 9.17) is 4.74 Å². The number of nitrogens with zero attached hydrogens (tertiary/aromatic N) is 1. The van der Waals surface area contributed by atoms with Gasteiger partial charge in [0.15, 0.2) is 6.61 Å². The third kappa shape index (κ3) is 4.19. The zero-order chi connectivity index (χ0) is 18.7. The zero-order valence-corrected chi connectivity index (χ0v) is 15.2. The summed E-state index contributed by atoms with van der Waals surface area (Å²) >= 11 is 1.18. The minimum absolute atomic E-state index is 0.0313. The van der Waals surface area contributed by atoms with E-state index >= 15 is 0 Å². The van der Waals surface area contributed by atoms with Gasteiger partial charge in [-0.25, -0.2) is 4.79 Å². The SMILES string of the molecule is C[C@@H]1CCCC[C@@H]1NC(=O)COC(=O)c1cc2cc([N+](=O)[O-])ccc2s1. The number of nitro benzene ring substituents is 1. The van der Waals surface area contributed by atoms with Crippen molar-refractivity contribution in [1.29, 1.82) is 0 Å². The molecule has 1 amide bonds. The van der Waals surface area contributed by atoms with Crippen LogP contribution in [0.25, 0.3) is 10.1 Å². The predicted molar refractivity (Wildman–Crippen MR) is 98.3 cm³/mol. The number of carbonyl (C=O) groups excluding carboxylic acids is 2. The Morgan fingerprint density at radius 3 is 2.81 bits per heavy atom. The van der Waals surface area contributed by atoms with Crippen molar-refractivity contribution in [2.24, 2.45) is 5.92 Å². The normalized spacial score (nSPS) is 19.9. The molecule has 0 spiro atoms. The van der Waals surface area contributed by atoms with E-state index in [9.17, 15) is 19.7 Å². The molecule has 0 aliphatic heterocycles. The number of nitro groups is 1. The number of thiophene rings is 1. The van der Waals surface area contributed by atoms with Gasteiger partial charge in [-0.2, -0.15) is 0 Å². The number of carbonyl (C=O) groups is 2. The molecule has 1 aliphatic carbocycles. The van der Waals surface area contributed by atoms with E-state index in [1.807, 2.05) is 0 Å². The van der Waals surface area contributed by atoms with Gasteiger partial charge in [-0.3, -0.25) is 14.9 Å². The average molecular weight is 376 g/mol. The largest absolute Gasteiger partial charge is 0.451 e. The van der Waals surface area contributed by atoms with Crippen LogP contribution in [0.5, 0.6) is 0 Å². The van der Waals surface area contributed by atoms with Gasteiger partial charge in [-0.1, -0.05) is 19.8 Å². The average Bonchev–Trinajstić information content (AvgIpc) is 3.05. The van der Waals surface area contributed by atoms with Crippen molar-refractivity contribution in [3.8, 4) is 0 Å². The van der Waals surface area contributed by atoms with Gasteiger partial charge in [0.05, 0.1) is 4.92 Å². The molecule has 0 radical (unpaired) electrons. The van der Waals surface area contributed by atoms with Gasteiger partial charge in [0.2, 0.25) is 0 Å². The molecule has 0 saturated heterocycles. The number of ether oxygens (including phenoxy) is 1. The van der Waals surface area contributed by atoms with Gasteiger partial charge in [0.25, 0.3) is 11.6 Å². The third-order valence-electron chi connectivity index (χ3n) is 4.70. The van der Waals surface area contributed by atoms with Crippen molar-refractivity contribution >= 4 is 39.0 Å². The Bertz CT molecular complexity index is 847. The molecule has 138 valence electrons. The van der Waals surface area contributed by atoms with E-state index in [1.165, 1.54) is 29.9 Å². The second-order valence-corrected chi connectivity index (χ2v) is 7.69. The lowest BCUT2D eigenvalue weighted by molar-refractivity contribution is -0.384. The lowest BCUT2D eigenvalue weighted by atomic mass is 9.86. The number of fused-ring (bicyclic) bond motifs is 1. The second-order valence-electron chi connectivity index (χ2n) is 6.60. The van der Waals surface area contributed by atoms with E-state index in [0.717, 1.165) is 24.0 Å². The molecule has 1 heterocycles. The predicted octanol–water partition coefficient (Wildman–Crippen LogP) is 3.66. The molecule has 1 saturated carbocycles. The van der Waals surface area contributed by atoms with E-state index < -0.39 is 10.9 Å². The Hall–Kier alpha value is -2.48. The summed E-state index contributed by atoms with van der Waals surface area (Å²) in [5.41, 5.74) is -0.0313. The summed E-state index contributed by atoms with van der Waals surface area (Å²) < 4.78 is 5.85. The summed E-state index contributed by atoms with van der Waals surface area (Å²) in [6.45, 7) is 1.79. The van der Waals surface area contributed by atoms with Crippen molar-refractivity contribution in [3.63, 3.8) is 0 Å². The molecule has 2 atom stereocenters. The van der Waals surface area contributed by atoms with Crippen LogP contribution in [0.3, 0.4) is 0 Å². The molecule has 0 bridgehead atoms. The fourth-order valence-corrected chi connectivity index (χ4v) is 4.16. The van der Waals surface area contributed by atoms with Crippen LogP contribution in [-0.2, 0) is 9.53 Å². The van der Waals surface area contributed by atoms with Gasteiger partial charge in [0, 0.05) is 28.3 Å². The Kier molecular flexibility index (Phi) is 5.51. The molecule has 0 unspecified atom stereocenters. The minimum Gasteiger partial charge on any atom is -0.451 e. The number of hydrogen-bond acceptors (Lipinski definition) is 6. The monoisotopic (exact) mass is 376 g/mol. The Morgan fingerprint density at radius 2 is 2.08 bits per heavy atom. The van der Waals surface area contributed by atoms with Crippen molar-refractivity contribution < 1.29 is 19.2 Å². The van der Waals surface area contributed by atoms with Crippen LogP contribution in [0, 0.1) is 16.0 Å². The highest BCUT2D eigenvalue weighted by Crippen LogP contribution is 2.29. The van der Waals surface area contributed by atoms with Gasteiger partial charge in [0.1, 0.15) is 4.88 Å². The maximum absolute atomic E-state index is 12.2. The zero-order valence-electron chi connectivity index (χ0n) is 14.4. The van der Waals surface area contributed by atoms with E-state index in [1.54, 1.807) is 12.1 Å². The number of amides is 1. The van der Waals surface area contributed by atoms with Crippen molar-refractivity contribution in [2.75, 3.05) is 6.61 Å². The lowest BCUT2D eigenvalue weighted by Gasteiger charge is -2.29. The summed E-state index contributed by atoms with van der Waals surface area (Å²) in [6.07, 6.45) is 4.34. The second kappa shape index (κ2) is 7.82. The highest BCUT2D eigenvalue weighted by Gasteiger charge is 2.23. The Morgan fingerprint density at radius 1 is 1.31 bits per heavy atom. The summed E-state index contributed by atoms with van der Waals surface area (Å²) in [5, 5.41) is 14.4. The number of rotatable bonds is 5. The molecule has 26 heavy (non-hydrogen) atoms. The Labute approximate surface area is 154 Å². The molecule has 1 aliphatic rings. The van der Waals surface area contributed by atoms with Crippen molar-refractivity contribution in [2.45, 2.75) is 38.6 Å². The highest BCUT2D eigenvalue weighted by molar-refractivity contribution is 7.20. The van der Waals surface area contributed by atoms with Gasteiger partial charge < -0.3 is 10.1 Å². The van der Waals surface area contributed by atoms with Crippen LogP contribution in [0.2, 0.25) is 0 Å². The molecule has 1 aromatic carbocycles. The summed E-state index contributed by atoms with van der Waals surface area (Å²) in [4.78, 5) is 34.9. The molecule has 7 nitrogen and oxygen atoms in total. The summed E-state index contributed by atoms with van der Waals surface area (Å²) in [5.74, 6) is -0.462. The highest BCUT2D eigenvalue weighted by atomic mass is 32.1. The molecule has 3 rings (SSSR count). The number of esters is 1. The first-order valence-corrected chi connectivity index (χ1v) is 9.40. The number of non-ortho nitro benzene ring substituents is 1. The fraction of sp³-hybridized carbons (Fsp3) is 0.444. The fourth-order valence-electron chi connectivity index (χ4n) is 3.23. The molecular weight excluding hydrogens is 356 g/mol. The number of nitrogens with one attached hydrogen (secondary N) is 1. The van der Waals surface area contributed by atoms with Crippen molar-refractivity contribution in [1.82, 2.24) is 5.32 Å². The molecule has 1 fully saturated rings. The smallest absolute Gasteiger partial charge is 0.348 e. The molecule has 2 aromatic rings. The van der Waals surface area contributed by atoms with Gasteiger partial charge in [-0.05, 0) is 30.9 Å². The molecule has 8 heteroatoms. The van der Waals surface area contributed by atoms with Gasteiger partial charge in [-0.15, -0.1) is 11.3 Å². The first-order valence-electron chi connectivity index (χ1n) is 8.58. The van der Waals surface area contributed by atoms with Crippen LogP contribution >= 0.6 is 11.3 Å². The minimum atomic E-state index is -0.597.